The quantitative estimate of drug-likeness (QED) is 0.794. The first-order chi connectivity index (χ1) is 11.7. The van der Waals surface area contributed by atoms with Crippen LogP contribution in [-0.2, 0) is 13.7 Å². The zero-order chi connectivity index (χ0) is 16.5. The highest BCUT2D eigenvalue weighted by Gasteiger charge is 2.11. The summed E-state index contributed by atoms with van der Waals surface area (Å²) >= 11 is 0. The highest BCUT2D eigenvalue weighted by molar-refractivity contribution is 5.94. The molecule has 3 aromatic rings. The molecule has 1 aromatic carbocycles. The standard InChI is InChI=1S/C17H16N6O/c1-23-13(9-20-22-23)10-24-16-7-17(18)21-15-6-11(2-3-14(15)16)12-4-5-19-8-12/h2-7,9H,8,10H2,1H3,(H2,18,21). The van der Waals surface area contributed by atoms with Crippen molar-refractivity contribution < 1.29 is 4.74 Å². The molecule has 0 fully saturated rings. The van der Waals surface area contributed by atoms with Gasteiger partial charge in [0.05, 0.1) is 24.0 Å². The van der Waals surface area contributed by atoms with Crippen molar-refractivity contribution >= 4 is 28.5 Å². The Hall–Kier alpha value is -3.22. The maximum atomic E-state index is 5.95. The Bertz CT molecular complexity index is 972. The summed E-state index contributed by atoms with van der Waals surface area (Å²) in [5.41, 5.74) is 9.90. The molecule has 1 aliphatic heterocycles. The third-order valence-electron chi connectivity index (χ3n) is 3.99. The van der Waals surface area contributed by atoms with Crippen molar-refractivity contribution in [2.45, 2.75) is 6.61 Å². The van der Waals surface area contributed by atoms with Crippen LogP contribution in [0.1, 0.15) is 11.3 Å². The smallest absolute Gasteiger partial charge is 0.132 e. The number of aliphatic imine (C=N–C) groups is 1. The van der Waals surface area contributed by atoms with Gasteiger partial charge in [-0.3, -0.25) is 4.99 Å². The van der Waals surface area contributed by atoms with Crippen molar-refractivity contribution in [2.75, 3.05) is 12.3 Å². The van der Waals surface area contributed by atoms with Gasteiger partial charge in [-0.05, 0) is 29.3 Å². The Morgan fingerprint density at radius 2 is 2.21 bits per heavy atom. The van der Waals surface area contributed by atoms with Crippen LogP contribution in [0.15, 0.2) is 41.5 Å². The monoisotopic (exact) mass is 320 g/mol. The van der Waals surface area contributed by atoms with Gasteiger partial charge in [0.1, 0.15) is 18.2 Å². The minimum Gasteiger partial charge on any atom is -0.486 e. The molecule has 2 N–H and O–H groups in total. The second kappa shape index (κ2) is 5.77. The number of nitrogens with two attached hydrogens (primary N) is 1. The molecule has 4 rings (SSSR count). The molecule has 0 unspecified atom stereocenters. The molecule has 1 aliphatic rings. The summed E-state index contributed by atoms with van der Waals surface area (Å²) < 4.78 is 7.61. The van der Waals surface area contributed by atoms with Gasteiger partial charge >= 0.3 is 0 Å². The highest BCUT2D eigenvalue weighted by atomic mass is 16.5. The molecule has 0 amide bonds. The van der Waals surface area contributed by atoms with E-state index in [1.807, 2.05) is 31.5 Å². The molecule has 0 saturated carbocycles. The molecule has 120 valence electrons. The summed E-state index contributed by atoms with van der Waals surface area (Å²) in [4.78, 5) is 8.65. The Balaban J connectivity index is 1.68. The Labute approximate surface area is 138 Å². The van der Waals surface area contributed by atoms with E-state index in [-0.39, 0.29) is 0 Å². The second-order valence-electron chi connectivity index (χ2n) is 5.60. The highest BCUT2D eigenvalue weighted by Crippen LogP contribution is 2.30. The Morgan fingerprint density at radius 1 is 1.29 bits per heavy atom. The van der Waals surface area contributed by atoms with Crippen LogP contribution < -0.4 is 10.5 Å². The number of benzene rings is 1. The first-order valence-corrected chi connectivity index (χ1v) is 7.57. The lowest BCUT2D eigenvalue weighted by atomic mass is 10.0. The molecule has 7 heteroatoms. The van der Waals surface area contributed by atoms with Gasteiger partial charge in [-0.1, -0.05) is 11.3 Å². The van der Waals surface area contributed by atoms with Gasteiger partial charge in [-0.25, -0.2) is 9.67 Å². The molecular formula is C17H16N6O. The maximum Gasteiger partial charge on any atom is 0.132 e. The summed E-state index contributed by atoms with van der Waals surface area (Å²) in [5, 5.41) is 8.66. The van der Waals surface area contributed by atoms with E-state index in [0.717, 1.165) is 22.2 Å². The van der Waals surface area contributed by atoms with Crippen LogP contribution in [0.25, 0.3) is 16.5 Å². The first-order valence-electron chi connectivity index (χ1n) is 7.57. The fourth-order valence-corrected chi connectivity index (χ4v) is 2.66. The molecule has 7 nitrogen and oxygen atoms in total. The van der Waals surface area contributed by atoms with Gasteiger partial charge < -0.3 is 10.5 Å². The van der Waals surface area contributed by atoms with E-state index in [1.54, 1.807) is 16.9 Å². The van der Waals surface area contributed by atoms with E-state index in [4.69, 9.17) is 10.5 Å². The third-order valence-corrected chi connectivity index (χ3v) is 3.99. The Kier molecular flexibility index (Phi) is 3.45. The molecule has 24 heavy (non-hydrogen) atoms. The topological polar surface area (TPSA) is 91.2 Å². The third kappa shape index (κ3) is 2.60. The zero-order valence-electron chi connectivity index (χ0n) is 13.2. The van der Waals surface area contributed by atoms with Gasteiger partial charge in [-0.15, -0.1) is 5.10 Å². The number of aryl methyl sites for hydroxylation is 1. The summed E-state index contributed by atoms with van der Waals surface area (Å²) in [7, 11) is 1.83. The van der Waals surface area contributed by atoms with Crippen molar-refractivity contribution in [3.05, 3.63) is 47.8 Å². The second-order valence-corrected chi connectivity index (χ2v) is 5.60. The van der Waals surface area contributed by atoms with Crippen LogP contribution in [0.5, 0.6) is 5.75 Å². The van der Waals surface area contributed by atoms with Crippen molar-refractivity contribution in [3.63, 3.8) is 0 Å². The molecule has 0 atom stereocenters. The van der Waals surface area contributed by atoms with Crippen LogP contribution in [-0.4, -0.2) is 32.7 Å². The SMILES string of the molecule is Cn1nncc1COc1cc(N)nc2cc(C3=CC=NC3)ccc12. The van der Waals surface area contributed by atoms with Gasteiger partial charge in [0.2, 0.25) is 0 Å². The predicted molar refractivity (Wildman–Crippen MR) is 92.8 cm³/mol. The van der Waals surface area contributed by atoms with Crippen LogP contribution in [0.3, 0.4) is 0 Å². The number of fused-ring (bicyclic) bond motifs is 1. The lowest BCUT2D eigenvalue weighted by molar-refractivity contribution is 0.298. The van der Waals surface area contributed by atoms with E-state index in [1.165, 1.54) is 5.57 Å². The van der Waals surface area contributed by atoms with Crippen molar-refractivity contribution in [1.29, 1.82) is 0 Å². The van der Waals surface area contributed by atoms with Gasteiger partial charge in [0.25, 0.3) is 0 Å². The van der Waals surface area contributed by atoms with Crippen LogP contribution >= 0.6 is 0 Å². The fourth-order valence-electron chi connectivity index (χ4n) is 2.66. The van der Waals surface area contributed by atoms with E-state index >= 15 is 0 Å². The molecule has 0 bridgehead atoms. The number of nitrogen functional groups attached to an aromatic ring is 1. The average molecular weight is 320 g/mol. The van der Waals surface area contributed by atoms with Crippen LogP contribution in [0.2, 0.25) is 0 Å². The summed E-state index contributed by atoms with van der Waals surface area (Å²) in [5.74, 6) is 1.12. The normalized spacial score (nSPS) is 13.5. The molecule has 0 spiro atoms. The van der Waals surface area contributed by atoms with E-state index in [0.29, 0.717) is 24.7 Å². The average Bonchev–Trinajstić information content (AvgIpc) is 3.23. The van der Waals surface area contributed by atoms with E-state index < -0.39 is 0 Å². The van der Waals surface area contributed by atoms with E-state index in [2.05, 4.69) is 26.4 Å². The van der Waals surface area contributed by atoms with E-state index in [9.17, 15) is 0 Å². The van der Waals surface area contributed by atoms with Gasteiger partial charge in [0.15, 0.2) is 0 Å². The van der Waals surface area contributed by atoms with Crippen molar-refractivity contribution in [3.8, 4) is 5.75 Å². The molecule has 0 aliphatic carbocycles. The number of aromatic nitrogens is 4. The van der Waals surface area contributed by atoms with Crippen LogP contribution in [0.4, 0.5) is 5.82 Å². The van der Waals surface area contributed by atoms with Crippen molar-refractivity contribution in [2.24, 2.45) is 12.0 Å². The minimum absolute atomic E-state index is 0.364. The lowest BCUT2D eigenvalue weighted by Crippen LogP contribution is -2.04. The predicted octanol–water partition coefficient (Wildman–Crippen LogP) is 1.99. The fraction of sp³-hybridized carbons (Fsp3) is 0.176. The number of hydrogen-bond acceptors (Lipinski definition) is 6. The van der Waals surface area contributed by atoms with Crippen LogP contribution in [0, 0.1) is 0 Å². The molecule has 0 radical (unpaired) electrons. The summed E-state index contributed by atoms with van der Waals surface area (Å²) in [6, 6.07) is 7.82. The summed E-state index contributed by atoms with van der Waals surface area (Å²) in [6.45, 7) is 1.06. The van der Waals surface area contributed by atoms with Gasteiger partial charge in [-0.2, -0.15) is 0 Å². The number of anilines is 1. The number of ether oxygens (including phenoxy) is 1. The molecule has 3 heterocycles. The number of allylic oxidation sites excluding steroid dienone is 1. The number of pyridine rings is 1. The lowest BCUT2D eigenvalue weighted by Gasteiger charge is -2.11. The molecular weight excluding hydrogens is 304 g/mol. The molecule has 2 aromatic heterocycles. The number of nitrogens with zero attached hydrogens (tertiary/aromatic N) is 5. The molecule has 0 saturated heterocycles. The minimum atomic E-state index is 0.364. The Morgan fingerprint density at radius 3 is 2.96 bits per heavy atom. The number of hydrogen-bond donors (Lipinski definition) is 1. The largest absolute Gasteiger partial charge is 0.486 e. The zero-order valence-corrected chi connectivity index (χ0v) is 13.2. The van der Waals surface area contributed by atoms with Crippen molar-refractivity contribution in [1.82, 2.24) is 20.0 Å². The van der Waals surface area contributed by atoms with Gasteiger partial charge in [0, 0.05) is 24.7 Å². The summed E-state index contributed by atoms with van der Waals surface area (Å²) in [6.07, 6.45) is 5.51. The number of rotatable bonds is 4. The first kappa shape index (κ1) is 14.4. The maximum absolute atomic E-state index is 5.95.